The maximum absolute atomic E-state index is 13.7. The van der Waals surface area contributed by atoms with Crippen LogP contribution in [0.1, 0.15) is 18.8 Å². The van der Waals surface area contributed by atoms with Crippen molar-refractivity contribution in [2.45, 2.75) is 19.1 Å². The second kappa shape index (κ2) is 5.42. The van der Waals surface area contributed by atoms with Crippen LogP contribution in [0, 0.1) is 5.82 Å². The van der Waals surface area contributed by atoms with Gasteiger partial charge in [0.15, 0.2) is 17.7 Å². The molecule has 1 aromatic heterocycles. The molecule has 0 aliphatic heterocycles. The third-order valence-electron chi connectivity index (χ3n) is 2.47. The van der Waals surface area contributed by atoms with Crippen LogP contribution in [0.2, 0.25) is 5.02 Å². The van der Waals surface area contributed by atoms with Gasteiger partial charge in [-0.25, -0.2) is 4.39 Å². The highest BCUT2D eigenvalue weighted by atomic mass is 35.5. The van der Waals surface area contributed by atoms with Crippen molar-refractivity contribution in [1.82, 2.24) is 0 Å². The van der Waals surface area contributed by atoms with E-state index in [-0.39, 0.29) is 16.8 Å². The van der Waals surface area contributed by atoms with Crippen LogP contribution in [-0.2, 0) is 0 Å². The van der Waals surface area contributed by atoms with Gasteiger partial charge in [0.25, 0.3) is 0 Å². The molecule has 18 heavy (non-hydrogen) atoms. The summed E-state index contributed by atoms with van der Waals surface area (Å²) in [5, 5.41) is 0.00960. The minimum absolute atomic E-state index is 0.00960. The SMILES string of the molecule is CC(N)C(Oc1cccc(Cl)c1F)c1ccco1. The topological polar surface area (TPSA) is 48.4 Å². The van der Waals surface area contributed by atoms with Crippen LogP contribution >= 0.6 is 11.6 Å². The van der Waals surface area contributed by atoms with Gasteiger partial charge in [0.05, 0.1) is 11.3 Å². The lowest BCUT2D eigenvalue weighted by molar-refractivity contribution is 0.147. The van der Waals surface area contributed by atoms with Gasteiger partial charge in [0, 0.05) is 6.04 Å². The summed E-state index contributed by atoms with van der Waals surface area (Å²) in [5.74, 6) is 0.00180. The predicted molar refractivity (Wildman–Crippen MR) is 67.1 cm³/mol. The van der Waals surface area contributed by atoms with Gasteiger partial charge in [-0.1, -0.05) is 17.7 Å². The van der Waals surface area contributed by atoms with Gasteiger partial charge in [-0.15, -0.1) is 0 Å². The molecule has 5 heteroatoms. The highest BCUT2D eigenvalue weighted by Gasteiger charge is 2.22. The van der Waals surface area contributed by atoms with E-state index in [0.717, 1.165) is 0 Å². The molecule has 2 rings (SSSR count). The zero-order chi connectivity index (χ0) is 13.1. The molecule has 0 amide bonds. The van der Waals surface area contributed by atoms with Crippen molar-refractivity contribution in [3.05, 3.63) is 53.2 Å². The maximum Gasteiger partial charge on any atom is 0.183 e. The summed E-state index contributed by atoms with van der Waals surface area (Å²) in [7, 11) is 0. The number of hydrogen-bond donors (Lipinski definition) is 1. The Balaban J connectivity index is 2.27. The first-order valence-electron chi connectivity index (χ1n) is 5.49. The van der Waals surface area contributed by atoms with Crippen molar-refractivity contribution >= 4 is 11.6 Å². The van der Waals surface area contributed by atoms with E-state index in [9.17, 15) is 4.39 Å². The molecular formula is C13H13ClFNO2. The first kappa shape index (κ1) is 12.9. The fourth-order valence-electron chi connectivity index (χ4n) is 1.59. The van der Waals surface area contributed by atoms with Gasteiger partial charge in [0.2, 0.25) is 0 Å². The van der Waals surface area contributed by atoms with Crippen molar-refractivity contribution in [2.75, 3.05) is 0 Å². The van der Waals surface area contributed by atoms with Crippen molar-refractivity contribution in [1.29, 1.82) is 0 Å². The summed E-state index contributed by atoms with van der Waals surface area (Å²) in [6.07, 6.45) is 0.954. The van der Waals surface area contributed by atoms with Gasteiger partial charge in [-0.2, -0.15) is 0 Å². The molecular weight excluding hydrogens is 257 g/mol. The number of hydrogen-bond acceptors (Lipinski definition) is 3. The number of ether oxygens (including phenoxy) is 1. The molecule has 0 saturated heterocycles. The van der Waals surface area contributed by atoms with E-state index in [0.29, 0.717) is 5.76 Å². The summed E-state index contributed by atoms with van der Waals surface area (Å²) in [4.78, 5) is 0. The monoisotopic (exact) mass is 269 g/mol. The first-order valence-corrected chi connectivity index (χ1v) is 5.87. The largest absolute Gasteiger partial charge is 0.478 e. The van der Waals surface area contributed by atoms with E-state index < -0.39 is 11.9 Å². The molecule has 2 atom stereocenters. The van der Waals surface area contributed by atoms with Crippen LogP contribution in [0.4, 0.5) is 4.39 Å². The number of halogens is 2. The first-order chi connectivity index (χ1) is 8.59. The van der Waals surface area contributed by atoms with Crippen molar-refractivity contribution in [2.24, 2.45) is 5.73 Å². The second-order valence-electron chi connectivity index (χ2n) is 3.96. The summed E-state index contributed by atoms with van der Waals surface area (Å²) in [6, 6.07) is 7.67. The maximum atomic E-state index is 13.7. The Bertz CT molecular complexity index is 514. The fourth-order valence-corrected chi connectivity index (χ4v) is 1.76. The molecule has 2 aromatic rings. The summed E-state index contributed by atoms with van der Waals surface area (Å²) >= 11 is 5.69. The second-order valence-corrected chi connectivity index (χ2v) is 4.37. The molecule has 1 heterocycles. The van der Waals surface area contributed by atoms with Crippen molar-refractivity contribution in [3.63, 3.8) is 0 Å². The lowest BCUT2D eigenvalue weighted by Crippen LogP contribution is -2.29. The summed E-state index contributed by atoms with van der Waals surface area (Å²) in [6.45, 7) is 1.76. The summed E-state index contributed by atoms with van der Waals surface area (Å²) in [5.41, 5.74) is 5.82. The average molecular weight is 270 g/mol. The average Bonchev–Trinajstić information content (AvgIpc) is 2.84. The molecule has 0 saturated carbocycles. The Hall–Kier alpha value is -1.52. The molecule has 0 spiro atoms. The third-order valence-corrected chi connectivity index (χ3v) is 2.76. The molecule has 3 nitrogen and oxygen atoms in total. The Morgan fingerprint density at radius 3 is 2.72 bits per heavy atom. The highest BCUT2D eigenvalue weighted by Crippen LogP contribution is 2.29. The molecule has 0 fully saturated rings. The number of rotatable bonds is 4. The lowest BCUT2D eigenvalue weighted by Gasteiger charge is -2.20. The highest BCUT2D eigenvalue weighted by molar-refractivity contribution is 6.30. The normalized spacial score (nSPS) is 14.2. The minimum atomic E-state index is -0.601. The van der Waals surface area contributed by atoms with E-state index in [4.69, 9.17) is 26.5 Å². The molecule has 0 bridgehead atoms. The Kier molecular flexibility index (Phi) is 3.89. The fraction of sp³-hybridized carbons (Fsp3) is 0.231. The predicted octanol–water partition coefficient (Wildman–Crippen LogP) is 3.54. The standard InChI is InChI=1S/C13H13ClFNO2/c1-8(16)13(11-6-3-7-17-11)18-10-5-2-4-9(14)12(10)15/h2-8,13H,16H2,1H3. The van der Waals surface area contributed by atoms with Crippen LogP contribution in [0.25, 0.3) is 0 Å². The van der Waals surface area contributed by atoms with Gasteiger partial charge in [-0.3, -0.25) is 0 Å². The van der Waals surface area contributed by atoms with Gasteiger partial charge >= 0.3 is 0 Å². The van der Waals surface area contributed by atoms with E-state index in [2.05, 4.69) is 0 Å². The Morgan fingerprint density at radius 2 is 2.11 bits per heavy atom. The Morgan fingerprint density at radius 1 is 1.33 bits per heavy atom. The Labute approximate surface area is 109 Å². The van der Waals surface area contributed by atoms with E-state index in [1.54, 1.807) is 25.1 Å². The molecule has 2 unspecified atom stereocenters. The van der Waals surface area contributed by atoms with Crippen LogP contribution < -0.4 is 10.5 Å². The smallest absolute Gasteiger partial charge is 0.183 e. The molecule has 0 radical (unpaired) electrons. The molecule has 2 N–H and O–H groups in total. The zero-order valence-electron chi connectivity index (χ0n) is 9.77. The van der Waals surface area contributed by atoms with E-state index in [1.807, 2.05) is 0 Å². The van der Waals surface area contributed by atoms with Crippen LogP contribution in [0.5, 0.6) is 5.75 Å². The van der Waals surface area contributed by atoms with E-state index in [1.165, 1.54) is 18.4 Å². The molecule has 1 aromatic carbocycles. The van der Waals surface area contributed by atoms with E-state index >= 15 is 0 Å². The minimum Gasteiger partial charge on any atom is -0.478 e. The molecule has 96 valence electrons. The van der Waals surface area contributed by atoms with Gasteiger partial charge < -0.3 is 14.9 Å². The zero-order valence-corrected chi connectivity index (χ0v) is 10.5. The number of nitrogens with two attached hydrogens (primary N) is 1. The number of furan rings is 1. The van der Waals surface area contributed by atoms with Crippen LogP contribution in [0.3, 0.4) is 0 Å². The van der Waals surface area contributed by atoms with Gasteiger partial charge in [-0.05, 0) is 31.2 Å². The summed E-state index contributed by atoms with van der Waals surface area (Å²) < 4.78 is 24.5. The van der Waals surface area contributed by atoms with Crippen LogP contribution in [0.15, 0.2) is 41.0 Å². The molecule has 0 aliphatic rings. The van der Waals surface area contributed by atoms with Crippen molar-refractivity contribution < 1.29 is 13.5 Å². The number of benzene rings is 1. The van der Waals surface area contributed by atoms with Crippen molar-refractivity contribution in [3.8, 4) is 5.75 Å². The van der Waals surface area contributed by atoms with Gasteiger partial charge in [0.1, 0.15) is 5.76 Å². The molecule has 0 aliphatic carbocycles. The van der Waals surface area contributed by atoms with Crippen LogP contribution in [-0.4, -0.2) is 6.04 Å². The lowest BCUT2D eigenvalue weighted by atomic mass is 10.1. The quantitative estimate of drug-likeness (QED) is 0.923. The third kappa shape index (κ3) is 2.66.